The topological polar surface area (TPSA) is 79.9 Å². The largest absolute Gasteiger partial charge is 0.379 e. The van der Waals surface area contributed by atoms with Gasteiger partial charge in [-0.1, -0.05) is 0 Å². The van der Waals surface area contributed by atoms with Gasteiger partial charge in [-0.15, -0.1) is 0 Å². The van der Waals surface area contributed by atoms with E-state index in [1.54, 1.807) is 0 Å². The van der Waals surface area contributed by atoms with E-state index in [0.717, 1.165) is 6.42 Å². The van der Waals surface area contributed by atoms with Crippen molar-refractivity contribution in [3.8, 4) is 0 Å². The van der Waals surface area contributed by atoms with Crippen molar-refractivity contribution in [1.82, 2.24) is 20.5 Å². The maximum absolute atomic E-state index is 11.4. The van der Waals surface area contributed by atoms with Crippen molar-refractivity contribution in [2.24, 2.45) is 0 Å². The van der Waals surface area contributed by atoms with Crippen LogP contribution in [0.25, 0.3) is 0 Å². The molecule has 0 aromatic carbocycles. The van der Waals surface area contributed by atoms with Crippen molar-refractivity contribution < 1.29 is 9.53 Å². The zero-order chi connectivity index (χ0) is 9.10. The van der Waals surface area contributed by atoms with Crippen molar-refractivity contribution >= 4 is 5.91 Å². The van der Waals surface area contributed by atoms with Gasteiger partial charge >= 0.3 is 0 Å². The van der Waals surface area contributed by atoms with Crippen LogP contribution in [0.3, 0.4) is 0 Å². The third kappa shape index (κ3) is 1.83. The number of hydrogen-bond donors (Lipinski definition) is 2. The molecule has 1 aliphatic heterocycles. The van der Waals surface area contributed by atoms with Gasteiger partial charge in [0.1, 0.15) is 6.33 Å². The highest BCUT2D eigenvalue weighted by Crippen LogP contribution is 2.03. The summed E-state index contributed by atoms with van der Waals surface area (Å²) in [6, 6.07) is 0.109. The Morgan fingerprint density at radius 2 is 2.69 bits per heavy atom. The zero-order valence-electron chi connectivity index (χ0n) is 6.99. The number of amides is 1. The number of carbonyl (C=O) groups excluding carboxylic acids is 1. The molecule has 1 aromatic heterocycles. The second kappa shape index (κ2) is 3.53. The Hall–Kier alpha value is -1.43. The molecule has 1 unspecified atom stereocenters. The standard InChI is InChI=1S/C7H10N4O2/c12-7(6-8-4-9-11-6)10-5-1-2-13-3-5/h4-5H,1-3H2,(H,10,12)(H,8,9,11). The lowest BCUT2D eigenvalue weighted by Gasteiger charge is -2.07. The smallest absolute Gasteiger partial charge is 0.288 e. The lowest BCUT2D eigenvalue weighted by molar-refractivity contribution is 0.0920. The molecule has 13 heavy (non-hydrogen) atoms. The molecule has 6 nitrogen and oxygen atoms in total. The summed E-state index contributed by atoms with van der Waals surface area (Å²) in [5, 5.41) is 8.87. The highest BCUT2D eigenvalue weighted by Gasteiger charge is 2.19. The van der Waals surface area contributed by atoms with Gasteiger partial charge in [0, 0.05) is 6.61 Å². The number of H-pyrrole nitrogens is 1. The van der Waals surface area contributed by atoms with Crippen LogP contribution in [-0.2, 0) is 4.74 Å². The third-order valence-corrected chi connectivity index (χ3v) is 1.90. The molecule has 0 saturated carbocycles. The minimum Gasteiger partial charge on any atom is -0.379 e. The lowest BCUT2D eigenvalue weighted by atomic mass is 10.2. The molecule has 6 heteroatoms. The zero-order valence-corrected chi connectivity index (χ0v) is 6.99. The van der Waals surface area contributed by atoms with Gasteiger partial charge < -0.3 is 10.1 Å². The van der Waals surface area contributed by atoms with Crippen LogP contribution < -0.4 is 5.32 Å². The summed E-state index contributed by atoms with van der Waals surface area (Å²) in [6.07, 6.45) is 2.17. The number of aromatic nitrogens is 3. The van der Waals surface area contributed by atoms with E-state index < -0.39 is 0 Å². The fourth-order valence-electron chi connectivity index (χ4n) is 1.22. The summed E-state index contributed by atoms with van der Waals surface area (Å²) in [5.41, 5.74) is 0. The van der Waals surface area contributed by atoms with E-state index in [1.165, 1.54) is 6.33 Å². The molecule has 1 saturated heterocycles. The quantitative estimate of drug-likeness (QED) is 0.635. The van der Waals surface area contributed by atoms with Gasteiger partial charge in [-0.25, -0.2) is 4.98 Å². The molecule has 2 heterocycles. The number of nitrogens with zero attached hydrogens (tertiary/aromatic N) is 2. The Morgan fingerprint density at radius 3 is 3.31 bits per heavy atom. The highest BCUT2D eigenvalue weighted by atomic mass is 16.5. The van der Waals surface area contributed by atoms with E-state index in [1.807, 2.05) is 0 Å². The number of carbonyl (C=O) groups is 1. The van der Waals surface area contributed by atoms with Crippen molar-refractivity contribution in [2.75, 3.05) is 13.2 Å². The third-order valence-electron chi connectivity index (χ3n) is 1.90. The number of hydrogen-bond acceptors (Lipinski definition) is 4. The van der Waals surface area contributed by atoms with E-state index in [-0.39, 0.29) is 17.8 Å². The Balaban J connectivity index is 1.91. The van der Waals surface area contributed by atoms with E-state index in [0.29, 0.717) is 13.2 Å². The summed E-state index contributed by atoms with van der Waals surface area (Å²) in [5.74, 6) is 0.0138. The second-order valence-corrected chi connectivity index (χ2v) is 2.87. The van der Waals surface area contributed by atoms with Crippen LogP contribution in [0.4, 0.5) is 0 Å². The van der Waals surface area contributed by atoms with Crippen LogP contribution in [0.15, 0.2) is 6.33 Å². The summed E-state index contributed by atoms with van der Waals surface area (Å²) in [6.45, 7) is 1.29. The molecule has 0 aliphatic carbocycles. The normalized spacial score (nSPS) is 21.7. The molecular formula is C7H10N4O2. The van der Waals surface area contributed by atoms with Crippen LogP contribution in [-0.4, -0.2) is 40.3 Å². The maximum atomic E-state index is 11.4. The lowest BCUT2D eigenvalue weighted by Crippen LogP contribution is -2.35. The molecule has 1 amide bonds. The molecule has 1 fully saturated rings. The van der Waals surface area contributed by atoms with Crippen LogP contribution in [0.5, 0.6) is 0 Å². The fraction of sp³-hybridized carbons (Fsp3) is 0.571. The van der Waals surface area contributed by atoms with Gasteiger partial charge in [0.2, 0.25) is 5.82 Å². The molecule has 1 aromatic rings. The maximum Gasteiger partial charge on any atom is 0.288 e. The van der Waals surface area contributed by atoms with Crippen molar-refractivity contribution in [2.45, 2.75) is 12.5 Å². The van der Waals surface area contributed by atoms with Gasteiger partial charge in [0.05, 0.1) is 12.6 Å². The van der Waals surface area contributed by atoms with Crippen molar-refractivity contribution in [3.05, 3.63) is 12.2 Å². The average molecular weight is 182 g/mol. The van der Waals surface area contributed by atoms with Crippen LogP contribution in [0.2, 0.25) is 0 Å². The SMILES string of the molecule is O=C(NC1CCOC1)c1ncn[nH]1. The number of nitrogens with one attached hydrogen (secondary N) is 2. The average Bonchev–Trinajstić information content (AvgIpc) is 2.74. The molecule has 1 aliphatic rings. The van der Waals surface area contributed by atoms with E-state index >= 15 is 0 Å². The monoisotopic (exact) mass is 182 g/mol. The minimum atomic E-state index is -0.229. The van der Waals surface area contributed by atoms with E-state index in [9.17, 15) is 4.79 Å². The number of aromatic amines is 1. The Labute approximate surface area is 74.7 Å². The first kappa shape index (κ1) is 8.18. The fourth-order valence-corrected chi connectivity index (χ4v) is 1.22. The molecule has 70 valence electrons. The Morgan fingerprint density at radius 1 is 1.77 bits per heavy atom. The molecular weight excluding hydrogens is 172 g/mol. The molecule has 0 bridgehead atoms. The van der Waals surface area contributed by atoms with Gasteiger partial charge in [0.25, 0.3) is 5.91 Å². The van der Waals surface area contributed by atoms with E-state index in [2.05, 4.69) is 20.5 Å². The number of rotatable bonds is 2. The summed E-state index contributed by atoms with van der Waals surface area (Å²) in [7, 11) is 0. The summed E-state index contributed by atoms with van der Waals surface area (Å²) >= 11 is 0. The summed E-state index contributed by atoms with van der Waals surface area (Å²) < 4.78 is 5.11. The molecule has 0 radical (unpaired) electrons. The van der Waals surface area contributed by atoms with Gasteiger partial charge in [0.15, 0.2) is 0 Å². The van der Waals surface area contributed by atoms with Crippen LogP contribution in [0, 0.1) is 0 Å². The highest BCUT2D eigenvalue weighted by molar-refractivity contribution is 5.90. The molecule has 0 spiro atoms. The molecule has 2 N–H and O–H groups in total. The first-order chi connectivity index (χ1) is 6.36. The minimum absolute atomic E-state index is 0.109. The Bertz CT molecular complexity index is 279. The van der Waals surface area contributed by atoms with E-state index in [4.69, 9.17) is 4.74 Å². The first-order valence-electron chi connectivity index (χ1n) is 4.10. The van der Waals surface area contributed by atoms with Crippen LogP contribution >= 0.6 is 0 Å². The predicted octanol–water partition coefficient (Wildman–Crippen LogP) is -0.677. The summed E-state index contributed by atoms with van der Waals surface area (Å²) in [4.78, 5) is 15.1. The molecule has 1 atom stereocenters. The number of ether oxygens (including phenoxy) is 1. The Kier molecular flexibility index (Phi) is 2.22. The van der Waals surface area contributed by atoms with Gasteiger partial charge in [-0.05, 0) is 6.42 Å². The first-order valence-corrected chi connectivity index (χ1v) is 4.10. The van der Waals surface area contributed by atoms with Crippen molar-refractivity contribution in [1.29, 1.82) is 0 Å². The van der Waals surface area contributed by atoms with Gasteiger partial charge in [-0.2, -0.15) is 5.10 Å². The molecule has 2 rings (SSSR count). The van der Waals surface area contributed by atoms with Crippen LogP contribution in [0.1, 0.15) is 17.0 Å². The van der Waals surface area contributed by atoms with Gasteiger partial charge in [-0.3, -0.25) is 9.89 Å². The second-order valence-electron chi connectivity index (χ2n) is 2.87. The van der Waals surface area contributed by atoms with Crippen molar-refractivity contribution in [3.63, 3.8) is 0 Å². The predicted molar refractivity (Wildman–Crippen MR) is 43.1 cm³/mol.